The van der Waals surface area contributed by atoms with Crippen LogP contribution in [0.4, 0.5) is 0 Å². The van der Waals surface area contributed by atoms with Crippen molar-refractivity contribution in [1.82, 2.24) is 14.9 Å². The van der Waals surface area contributed by atoms with Gasteiger partial charge in [0.15, 0.2) is 5.96 Å². The van der Waals surface area contributed by atoms with E-state index in [1.807, 2.05) is 0 Å². The topological polar surface area (TPSA) is 73.8 Å². The van der Waals surface area contributed by atoms with Gasteiger partial charge in [0, 0.05) is 33.7 Å². The molecule has 0 amide bonds. The molecule has 0 aromatic heterocycles. The Kier molecular flexibility index (Phi) is 8.50. The third-order valence-electron chi connectivity index (χ3n) is 4.89. The fraction of sp³-hybridized carbons (Fsp3) is 0.941. The predicted octanol–water partition coefficient (Wildman–Crippen LogP) is 2.04. The number of nitrogens with zero attached hydrogens (tertiary/aromatic N) is 2. The van der Waals surface area contributed by atoms with Crippen LogP contribution in [0.25, 0.3) is 0 Å². The Balaban J connectivity index is 2.31. The Morgan fingerprint density at radius 3 is 2.42 bits per heavy atom. The number of aliphatic imine (C=N–C) groups is 1. The maximum Gasteiger partial charge on any atom is 0.213 e. The van der Waals surface area contributed by atoms with Crippen LogP contribution in [0.5, 0.6) is 0 Å². The Morgan fingerprint density at radius 1 is 1.29 bits per heavy atom. The van der Waals surface area contributed by atoms with Crippen LogP contribution in [0, 0.1) is 11.3 Å². The molecular formula is C17H36N4O2S. The van der Waals surface area contributed by atoms with Gasteiger partial charge in [-0.15, -0.1) is 0 Å². The largest absolute Gasteiger partial charge is 0.356 e. The van der Waals surface area contributed by atoms with E-state index in [1.165, 1.54) is 30.0 Å². The number of nitrogens with one attached hydrogen (secondary N) is 2. The molecule has 1 rings (SSSR count). The molecular weight excluding hydrogens is 324 g/mol. The minimum absolute atomic E-state index is 0.151. The third kappa shape index (κ3) is 6.59. The first-order chi connectivity index (χ1) is 11.2. The molecule has 0 bridgehead atoms. The molecule has 0 heterocycles. The molecule has 7 heteroatoms. The smallest absolute Gasteiger partial charge is 0.213 e. The van der Waals surface area contributed by atoms with Crippen molar-refractivity contribution in [1.29, 1.82) is 0 Å². The lowest BCUT2D eigenvalue weighted by molar-refractivity contribution is 0.104. The predicted molar refractivity (Wildman–Crippen MR) is 102 cm³/mol. The van der Waals surface area contributed by atoms with E-state index in [2.05, 4.69) is 29.5 Å². The Hall–Kier alpha value is -0.820. The number of sulfonamides is 1. The standard InChI is InChI=1S/C17H36N4O2S/c1-6-24(22,23)21(5)12-8-11-19-16(18-4)20-14-17(9-7-10-17)13-15(2)3/h15H,6-14H2,1-5H3,(H2,18,19,20). The van der Waals surface area contributed by atoms with Crippen molar-refractivity contribution in [2.75, 3.05) is 39.5 Å². The second-order valence-corrected chi connectivity index (χ2v) is 9.74. The van der Waals surface area contributed by atoms with Gasteiger partial charge in [-0.3, -0.25) is 4.99 Å². The molecule has 6 nitrogen and oxygen atoms in total. The second-order valence-electron chi connectivity index (χ2n) is 7.38. The molecule has 1 aliphatic rings. The molecule has 142 valence electrons. The third-order valence-corrected chi connectivity index (χ3v) is 6.75. The van der Waals surface area contributed by atoms with Crippen LogP contribution in [0.3, 0.4) is 0 Å². The minimum Gasteiger partial charge on any atom is -0.356 e. The van der Waals surface area contributed by atoms with Gasteiger partial charge < -0.3 is 10.6 Å². The van der Waals surface area contributed by atoms with Gasteiger partial charge in [0.1, 0.15) is 0 Å². The first kappa shape index (κ1) is 21.2. The van der Waals surface area contributed by atoms with E-state index in [9.17, 15) is 8.42 Å². The van der Waals surface area contributed by atoms with E-state index in [4.69, 9.17) is 0 Å². The SMILES string of the molecule is CCS(=O)(=O)N(C)CCCNC(=NC)NCC1(CC(C)C)CCC1. The second kappa shape index (κ2) is 9.61. The van der Waals surface area contributed by atoms with Crippen molar-refractivity contribution in [3.05, 3.63) is 0 Å². The fourth-order valence-corrected chi connectivity index (χ4v) is 4.20. The van der Waals surface area contributed by atoms with E-state index < -0.39 is 10.0 Å². The summed E-state index contributed by atoms with van der Waals surface area (Å²) in [5.74, 6) is 1.68. The maximum atomic E-state index is 11.7. The van der Waals surface area contributed by atoms with Crippen molar-refractivity contribution in [3.8, 4) is 0 Å². The molecule has 0 saturated heterocycles. The van der Waals surface area contributed by atoms with Crippen LogP contribution >= 0.6 is 0 Å². The number of hydrogen-bond acceptors (Lipinski definition) is 3. The maximum absolute atomic E-state index is 11.7. The summed E-state index contributed by atoms with van der Waals surface area (Å²) in [5.41, 5.74) is 0.432. The summed E-state index contributed by atoms with van der Waals surface area (Å²) in [6, 6.07) is 0. The van der Waals surface area contributed by atoms with Crippen LogP contribution < -0.4 is 10.6 Å². The zero-order valence-corrected chi connectivity index (χ0v) is 16.9. The summed E-state index contributed by atoms with van der Waals surface area (Å²) >= 11 is 0. The molecule has 0 aromatic carbocycles. The highest BCUT2D eigenvalue weighted by Crippen LogP contribution is 2.45. The van der Waals surface area contributed by atoms with Crippen molar-refractivity contribution in [2.24, 2.45) is 16.3 Å². The van der Waals surface area contributed by atoms with Crippen LogP contribution in [-0.2, 0) is 10.0 Å². The zero-order valence-electron chi connectivity index (χ0n) is 16.1. The van der Waals surface area contributed by atoms with E-state index in [-0.39, 0.29) is 5.75 Å². The van der Waals surface area contributed by atoms with Crippen LogP contribution in [0.15, 0.2) is 4.99 Å². The normalized spacial score (nSPS) is 17.9. The highest BCUT2D eigenvalue weighted by atomic mass is 32.2. The molecule has 2 N–H and O–H groups in total. The van der Waals surface area contributed by atoms with Gasteiger partial charge >= 0.3 is 0 Å². The van der Waals surface area contributed by atoms with Crippen molar-refractivity contribution < 1.29 is 8.42 Å². The summed E-state index contributed by atoms with van der Waals surface area (Å²) < 4.78 is 24.8. The Morgan fingerprint density at radius 2 is 1.96 bits per heavy atom. The lowest BCUT2D eigenvalue weighted by Crippen LogP contribution is -2.47. The zero-order chi connectivity index (χ0) is 18.2. The number of rotatable bonds is 10. The van der Waals surface area contributed by atoms with E-state index in [1.54, 1.807) is 21.0 Å². The highest BCUT2D eigenvalue weighted by molar-refractivity contribution is 7.89. The minimum atomic E-state index is -3.08. The molecule has 1 saturated carbocycles. The van der Waals surface area contributed by atoms with Gasteiger partial charge in [0.25, 0.3) is 0 Å². The van der Waals surface area contributed by atoms with Crippen LogP contribution in [0.1, 0.15) is 52.9 Å². The molecule has 0 aromatic rings. The quantitative estimate of drug-likeness (QED) is 0.355. The van der Waals surface area contributed by atoms with Crippen LogP contribution in [-0.4, -0.2) is 58.2 Å². The summed E-state index contributed by atoms with van der Waals surface area (Å²) in [5, 5.41) is 6.74. The first-order valence-electron chi connectivity index (χ1n) is 9.13. The fourth-order valence-electron chi connectivity index (χ4n) is 3.36. The van der Waals surface area contributed by atoms with E-state index >= 15 is 0 Å². The first-order valence-corrected chi connectivity index (χ1v) is 10.7. The molecule has 24 heavy (non-hydrogen) atoms. The number of guanidine groups is 1. The van der Waals surface area contributed by atoms with Gasteiger partial charge in [0.05, 0.1) is 5.75 Å². The van der Waals surface area contributed by atoms with Crippen molar-refractivity contribution in [2.45, 2.75) is 52.9 Å². The molecule has 0 atom stereocenters. The van der Waals surface area contributed by atoms with Gasteiger partial charge in [-0.05, 0) is 43.9 Å². The highest BCUT2D eigenvalue weighted by Gasteiger charge is 2.37. The molecule has 1 fully saturated rings. The number of hydrogen-bond donors (Lipinski definition) is 2. The van der Waals surface area contributed by atoms with Crippen LogP contribution in [0.2, 0.25) is 0 Å². The molecule has 1 aliphatic carbocycles. The van der Waals surface area contributed by atoms with E-state index in [0.717, 1.165) is 24.8 Å². The summed E-state index contributed by atoms with van der Waals surface area (Å²) in [7, 11) is 0.332. The van der Waals surface area contributed by atoms with Gasteiger partial charge in [-0.25, -0.2) is 12.7 Å². The van der Waals surface area contributed by atoms with Gasteiger partial charge in [-0.2, -0.15) is 0 Å². The van der Waals surface area contributed by atoms with Crippen molar-refractivity contribution in [3.63, 3.8) is 0 Å². The Labute approximate surface area is 148 Å². The van der Waals surface area contributed by atoms with Crippen molar-refractivity contribution >= 4 is 16.0 Å². The summed E-state index contributed by atoms with van der Waals surface area (Å²) in [6.45, 7) is 8.44. The average molecular weight is 361 g/mol. The molecule has 0 unspecified atom stereocenters. The monoisotopic (exact) mass is 360 g/mol. The lowest BCUT2D eigenvalue weighted by Gasteiger charge is -2.43. The molecule has 0 radical (unpaired) electrons. The molecule has 0 spiro atoms. The van der Waals surface area contributed by atoms with Gasteiger partial charge in [0.2, 0.25) is 10.0 Å². The lowest BCUT2D eigenvalue weighted by atomic mass is 9.64. The average Bonchev–Trinajstić information content (AvgIpc) is 2.50. The Bertz CT molecular complexity index is 499. The summed E-state index contributed by atoms with van der Waals surface area (Å²) in [4.78, 5) is 4.27. The van der Waals surface area contributed by atoms with E-state index in [0.29, 0.717) is 18.5 Å². The molecule has 0 aliphatic heterocycles. The summed E-state index contributed by atoms with van der Waals surface area (Å²) in [6.07, 6.45) is 5.95. The van der Waals surface area contributed by atoms with Gasteiger partial charge in [-0.1, -0.05) is 20.3 Å².